The molecule has 0 unspecified atom stereocenters. The number of carbonyl (C=O) groups is 1. The number of aromatic nitrogens is 2. The SMILES string of the molecule is Cc1nc(CN(c2cccc3ccn(C)c23)C2CCN(C3(C)CCN(C(=O)c4c(C)cccc4C)CC3)CC2)cs1. The summed E-state index contributed by atoms with van der Waals surface area (Å²) in [5.41, 5.74) is 6.95. The molecule has 2 aromatic heterocycles. The van der Waals surface area contributed by atoms with Gasteiger partial charge in [-0.05, 0) is 76.6 Å². The fourth-order valence-corrected chi connectivity index (χ4v) is 7.77. The average molecular weight is 570 g/mol. The first kappa shape index (κ1) is 28.0. The molecule has 216 valence electrons. The molecule has 6 rings (SSSR count). The maximum absolute atomic E-state index is 13.4. The lowest BCUT2D eigenvalue weighted by Gasteiger charge is -2.50. The summed E-state index contributed by atoms with van der Waals surface area (Å²) in [6, 6.07) is 15.5. The van der Waals surface area contributed by atoms with Crippen LogP contribution in [0.1, 0.15) is 64.8 Å². The van der Waals surface area contributed by atoms with Crippen molar-refractivity contribution in [1.29, 1.82) is 0 Å². The number of fused-ring (bicyclic) bond motifs is 1. The number of benzene rings is 2. The smallest absolute Gasteiger partial charge is 0.254 e. The zero-order chi connectivity index (χ0) is 28.7. The van der Waals surface area contributed by atoms with Crippen LogP contribution in [0.3, 0.4) is 0 Å². The molecule has 0 saturated carbocycles. The van der Waals surface area contributed by atoms with E-state index < -0.39 is 0 Å². The van der Waals surface area contributed by atoms with Gasteiger partial charge in [0.2, 0.25) is 0 Å². The molecule has 2 saturated heterocycles. The van der Waals surface area contributed by atoms with E-state index in [-0.39, 0.29) is 11.4 Å². The van der Waals surface area contributed by atoms with E-state index in [0.29, 0.717) is 6.04 Å². The first-order valence-corrected chi connectivity index (χ1v) is 15.9. The number of thiazole rings is 1. The van der Waals surface area contributed by atoms with Gasteiger partial charge in [-0.15, -0.1) is 11.3 Å². The average Bonchev–Trinajstić information content (AvgIpc) is 3.57. The van der Waals surface area contributed by atoms with Gasteiger partial charge in [0.1, 0.15) is 0 Å². The molecular weight excluding hydrogens is 526 g/mol. The van der Waals surface area contributed by atoms with Crippen molar-refractivity contribution in [3.63, 3.8) is 0 Å². The summed E-state index contributed by atoms with van der Waals surface area (Å²) >= 11 is 1.74. The van der Waals surface area contributed by atoms with E-state index in [4.69, 9.17) is 4.98 Å². The number of hydrogen-bond acceptors (Lipinski definition) is 5. The van der Waals surface area contributed by atoms with Crippen LogP contribution >= 0.6 is 11.3 Å². The molecule has 0 N–H and O–H groups in total. The molecule has 41 heavy (non-hydrogen) atoms. The van der Waals surface area contributed by atoms with Crippen LogP contribution in [0.2, 0.25) is 0 Å². The van der Waals surface area contributed by atoms with E-state index in [9.17, 15) is 4.79 Å². The molecule has 0 aliphatic carbocycles. The van der Waals surface area contributed by atoms with Crippen LogP contribution in [-0.4, -0.2) is 63.0 Å². The molecule has 7 heteroatoms. The van der Waals surface area contributed by atoms with Crippen LogP contribution < -0.4 is 4.90 Å². The molecule has 0 bridgehead atoms. The van der Waals surface area contributed by atoms with Crippen LogP contribution in [-0.2, 0) is 13.6 Å². The van der Waals surface area contributed by atoms with Gasteiger partial charge in [-0.1, -0.05) is 30.3 Å². The minimum atomic E-state index is 0.136. The van der Waals surface area contributed by atoms with Gasteiger partial charge in [-0.2, -0.15) is 0 Å². The molecule has 2 aliphatic heterocycles. The zero-order valence-electron chi connectivity index (χ0n) is 25.2. The molecule has 4 aromatic rings. The number of nitrogens with zero attached hydrogens (tertiary/aromatic N) is 5. The topological polar surface area (TPSA) is 44.6 Å². The Labute approximate surface area is 248 Å². The van der Waals surface area contributed by atoms with Gasteiger partial charge >= 0.3 is 0 Å². The Morgan fingerprint density at radius 3 is 2.34 bits per heavy atom. The molecule has 6 nitrogen and oxygen atoms in total. The van der Waals surface area contributed by atoms with Gasteiger partial charge in [0.25, 0.3) is 5.91 Å². The van der Waals surface area contributed by atoms with E-state index in [1.54, 1.807) is 11.3 Å². The lowest BCUT2D eigenvalue weighted by Crippen LogP contribution is -2.58. The molecule has 2 fully saturated rings. The Bertz CT molecular complexity index is 1520. The maximum Gasteiger partial charge on any atom is 0.254 e. The Hall–Kier alpha value is -3.16. The number of amides is 1. The first-order valence-electron chi connectivity index (χ1n) is 15.1. The summed E-state index contributed by atoms with van der Waals surface area (Å²) in [7, 11) is 2.15. The first-order chi connectivity index (χ1) is 19.7. The summed E-state index contributed by atoms with van der Waals surface area (Å²) in [5, 5.41) is 4.63. The number of para-hydroxylation sites is 1. The third-order valence-electron chi connectivity index (χ3n) is 9.68. The predicted molar refractivity (Wildman–Crippen MR) is 170 cm³/mol. The third kappa shape index (κ3) is 5.42. The van der Waals surface area contributed by atoms with Crippen molar-refractivity contribution >= 4 is 33.8 Å². The number of aryl methyl sites for hydroxylation is 4. The van der Waals surface area contributed by atoms with Crippen molar-refractivity contribution in [3.8, 4) is 0 Å². The minimum Gasteiger partial charge on any atom is -0.361 e. The molecule has 0 radical (unpaired) electrons. The monoisotopic (exact) mass is 569 g/mol. The maximum atomic E-state index is 13.4. The quantitative estimate of drug-likeness (QED) is 0.258. The molecule has 0 atom stereocenters. The minimum absolute atomic E-state index is 0.136. The molecule has 2 aromatic carbocycles. The van der Waals surface area contributed by atoms with Gasteiger partial charge < -0.3 is 14.4 Å². The second-order valence-electron chi connectivity index (χ2n) is 12.4. The van der Waals surface area contributed by atoms with Crippen LogP contribution in [0.15, 0.2) is 54.0 Å². The van der Waals surface area contributed by atoms with E-state index >= 15 is 0 Å². The predicted octanol–water partition coefficient (Wildman–Crippen LogP) is 6.73. The van der Waals surface area contributed by atoms with Crippen molar-refractivity contribution in [2.24, 2.45) is 7.05 Å². The third-order valence-corrected chi connectivity index (χ3v) is 10.5. The number of piperidine rings is 2. The highest BCUT2D eigenvalue weighted by Crippen LogP contribution is 2.36. The van der Waals surface area contributed by atoms with Crippen molar-refractivity contribution in [1.82, 2.24) is 19.4 Å². The van der Waals surface area contributed by atoms with E-state index in [1.807, 2.05) is 6.07 Å². The number of rotatable bonds is 6. The summed E-state index contributed by atoms with van der Waals surface area (Å²) in [4.78, 5) is 25.7. The number of carbonyl (C=O) groups excluding carboxylic acids is 1. The Balaban J connectivity index is 1.15. The van der Waals surface area contributed by atoms with Gasteiger partial charge in [0.05, 0.1) is 28.5 Å². The van der Waals surface area contributed by atoms with Gasteiger partial charge in [0.15, 0.2) is 0 Å². The Morgan fingerprint density at radius 2 is 1.68 bits per heavy atom. The second-order valence-corrected chi connectivity index (χ2v) is 13.5. The highest BCUT2D eigenvalue weighted by Gasteiger charge is 2.40. The molecule has 1 amide bonds. The zero-order valence-corrected chi connectivity index (χ0v) is 26.0. The standard InChI is InChI=1S/C34H43N5OS/c1-24-8-6-9-25(2)31(24)33(40)37-20-15-34(4,16-21-37)38-18-13-29(14-19-38)39(22-28-23-41-26(3)35-28)30-11-7-10-27-12-17-36(5)32(27)30/h6-12,17,23,29H,13-16,18-22H2,1-5H3. The Kier molecular flexibility index (Phi) is 7.68. The summed E-state index contributed by atoms with van der Waals surface area (Å²) < 4.78 is 2.26. The second kappa shape index (κ2) is 11.3. The van der Waals surface area contributed by atoms with Crippen LogP contribution in [0.4, 0.5) is 5.69 Å². The highest BCUT2D eigenvalue weighted by atomic mass is 32.1. The molecule has 0 spiro atoms. The summed E-state index contributed by atoms with van der Waals surface area (Å²) in [6.07, 6.45) is 6.48. The summed E-state index contributed by atoms with van der Waals surface area (Å²) in [5.74, 6) is 0.198. The van der Waals surface area contributed by atoms with Gasteiger partial charge in [0, 0.05) is 67.3 Å². The van der Waals surface area contributed by atoms with Crippen molar-refractivity contribution in [3.05, 3.63) is 81.4 Å². The van der Waals surface area contributed by atoms with Crippen LogP contribution in [0.25, 0.3) is 10.9 Å². The fraction of sp³-hybridized carbons (Fsp3) is 0.471. The fourth-order valence-electron chi connectivity index (χ4n) is 7.17. The summed E-state index contributed by atoms with van der Waals surface area (Å²) in [6.45, 7) is 13.3. The van der Waals surface area contributed by atoms with Crippen LogP contribution in [0, 0.1) is 20.8 Å². The normalized spacial score (nSPS) is 18.2. The van der Waals surface area contributed by atoms with Gasteiger partial charge in [-0.3, -0.25) is 9.69 Å². The number of likely N-dealkylation sites (tertiary alicyclic amines) is 2. The van der Waals surface area contributed by atoms with Crippen LogP contribution in [0.5, 0.6) is 0 Å². The number of anilines is 1. The van der Waals surface area contributed by atoms with Crippen molar-refractivity contribution < 1.29 is 4.79 Å². The van der Waals surface area contributed by atoms with E-state index in [2.05, 4.69) is 102 Å². The number of hydrogen-bond donors (Lipinski definition) is 0. The molecular formula is C34H43N5OS. The highest BCUT2D eigenvalue weighted by molar-refractivity contribution is 7.09. The Morgan fingerprint density at radius 1 is 1.00 bits per heavy atom. The molecule has 2 aliphatic rings. The lowest BCUT2D eigenvalue weighted by molar-refractivity contribution is 0.0170. The lowest BCUT2D eigenvalue weighted by atomic mass is 9.85. The van der Waals surface area contributed by atoms with E-state index in [0.717, 1.165) is 85.8 Å². The van der Waals surface area contributed by atoms with Crippen molar-refractivity contribution in [2.45, 2.75) is 71.5 Å². The van der Waals surface area contributed by atoms with Gasteiger partial charge in [-0.25, -0.2) is 4.98 Å². The van der Waals surface area contributed by atoms with E-state index in [1.165, 1.54) is 16.6 Å². The largest absolute Gasteiger partial charge is 0.361 e. The van der Waals surface area contributed by atoms with Crippen molar-refractivity contribution in [2.75, 3.05) is 31.1 Å². The molecule has 4 heterocycles.